The van der Waals surface area contributed by atoms with E-state index < -0.39 is 0 Å². The molecule has 0 amide bonds. The standard InChI is InChI=1S/C24H29N7O/c1-5-24(3,4)31-21(27-28-29-31)16-30(14-18-9-7-11-25-13-18)15-20-12-19-10-6-8-17(2)22(19)26-23(20)32/h6-13H,5,14-16H2,1-4H3,(H,26,32). The highest BCUT2D eigenvalue weighted by Gasteiger charge is 2.25. The molecular weight excluding hydrogens is 402 g/mol. The summed E-state index contributed by atoms with van der Waals surface area (Å²) in [5.74, 6) is 0.772. The van der Waals surface area contributed by atoms with Gasteiger partial charge in [0.15, 0.2) is 5.82 Å². The van der Waals surface area contributed by atoms with E-state index in [1.54, 1.807) is 6.20 Å². The fourth-order valence-corrected chi connectivity index (χ4v) is 3.83. The van der Waals surface area contributed by atoms with Gasteiger partial charge in [-0.05, 0) is 66.3 Å². The van der Waals surface area contributed by atoms with Crippen molar-refractivity contribution in [2.75, 3.05) is 0 Å². The fourth-order valence-electron chi connectivity index (χ4n) is 3.83. The van der Waals surface area contributed by atoms with Crippen molar-refractivity contribution >= 4 is 10.9 Å². The molecule has 0 saturated carbocycles. The molecule has 0 unspecified atom stereocenters. The zero-order chi connectivity index (χ0) is 22.7. The summed E-state index contributed by atoms with van der Waals surface area (Å²) in [6, 6.07) is 12.0. The molecule has 166 valence electrons. The minimum Gasteiger partial charge on any atom is -0.321 e. The largest absolute Gasteiger partial charge is 0.321 e. The first-order chi connectivity index (χ1) is 15.4. The molecule has 1 aromatic carbocycles. The highest BCUT2D eigenvalue weighted by atomic mass is 16.1. The van der Waals surface area contributed by atoms with Crippen LogP contribution in [0.4, 0.5) is 0 Å². The van der Waals surface area contributed by atoms with Crippen molar-refractivity contribution in [1.29, 1.82) is 0 Å². The van der Waals surface area contributed by atoms with Crippen molar-refractivity contribution < 1.29 is 0 Å². The predicted octanol–water partition coefficient (Wildman–Crippen LogP) is 3.57. The number of hydrogen-bond acceptors (Lipinski definition) is 6. The Morgan fingerprint density at radius 3 is 2.72 bits per heavy atom. The van der Waals surface area contributed by atoms with Crippen LogP contribution in [0.2, 0.25) is 0 Å². The maximum Gasteiger partial charge on any atom is 0.252 e. The number of pyridine rings is 2. The number of hydrogen-bond donors (Lipinski definition) is 1. The van der Waals surface area contributed by atoms with Gasteiger partial charge in [0.25, 0.3) is 5.56 Å². The molecule has 0 saturated heterocycles. The number of para-hydroxylation sites is 1. The first-order valence-corrected chi connectivity index (χ1v) is 10.9. The maximum atomic E-state index is 12.9. The van der Waals surface area contributed by atoms with Crippen LogP contribution in [-0.2, 0) is 25.2 Å². The molecule has 0 spiro atoms. The first-order valence-electron chi connectivity index (χ1n) is 10.9. The Hall–Kier alpha value is -3.39. The van der Waals surface area contributed by atoms with Crippen LogP contribution in [0, 0.1) is 6.92 Å². The topological polar surface area (TPSA) is 92.6 Å². The van der Waals surface area contributed by atoms with Gasteiger partial charge < -0.3 is 4.98 Å². The lowest BCUT2D eigenvalue weighted by atomic mass is 10.0. The van der Waals surface area contributed by atoms with E-state index in [-0.39, 0.29) is 11.1 Å². The predicted molar refractivity (Wildman–Crippen MR) is 124 cm³/mol. The number of benzene rings is 1. The molecule has 0 fully saturated rings. The van der Waals surface area contributed by atoms with Crippen molar-refractivity contribution in [3.63, 3.8) is 0 Å². The lowest BCUT2D eigenvalue weighted by molar-refractivity contribution is 0.216. The SMILES string of the molecule is CCC(C)(C)n1nnnc1CN(Cc1cccnc1)Cc1cc2cccc(C)c2[nH]c1=O. The highest BCUT2D eigenvalue weighted by Crippen LogP contribution is 2.21. The van der Waals surface area contributed by atoms with Crippen molar-refractivity contribution in [3.05, 3.63) is 81.7 Å². The monoisotopic (exact) mass is 431 g/mol. The minimum atomic E-state index is -0.198. The van der Waals surface area contributed by atoms with Crippen LogP contribution in [0.15, 0.2) is 53.6 Å². The molecule has 0 radical (unpaired) electrons. The smallest absolute Gasteiger partial charge is 0.252 e. The zero-order valence-corrected chi connectivity index (χ0v) is 19.0. The van der Waals surface area contributed by atoms with Gasteiger partial charge in [0.2, 0.25) is 0 Å². The lowest BCUT2D eigenvalue weighted by Crippen LogP contribution is -2.32. The fraction of sp³-hybridized carbons (Fsp3) is 0.375. The molecule has 4 rings (SSSR count). The van der Waals surface area contributed by atoms with Gasteiger partial charge in [-0.2, -0.15) is 0 Å². The molecule has 8 heteroatoms. The van der Waals surface area contributed by atoms with Crippen LogP contribution in [0.1, 0.15) is 49.7 Å². The van der Waals surface area contributed by atoms with Gasteiger partial charge in [-0.3, -0.25) is 14.7 Å². The average molecular weight is 432 g/mol. The molecule has 4 aromatic rings. The van der Waals surface area contributed by atoms with Crippen molar-refractivity contribution in [3.8, 4) is 0 Å². The van der Waals surface area contributed by atoms with Crippen LogP contribution in [0.25, 0.3) is 10.9 Å². The van der Waals surface area contributed by atoms with Crippen LogP contribution >= 0.6 is 0 Å². The first kappa shape index (κ1) is 21.8. The number of fused-ring (bicyclic) bond motifs is 1. The van der Waals surface area contributed by atoms with E-state index in [4.69, 9.17) is 0 Å². The van der Waals surface area contributed by atoms with Crippen LogP contribution < -0.4 is 5.56 Å². The van der Waals surface area contributed by atoms with Crippen LogP contribution in [-0.4, -0.2) is 35.1 Å². The second kappa shape index (κ2) is 9.00. The molecule has 3 heterocycles. The third kappa shape index (κ3) is 4.60. The number of aromatic nitrogens is 6. The summed E-state index contributed by atoms with van der Waals surface area (Å²) in [6.07, 6.45) is 4.51. The van der Waals surface area contributed by atoms with Gasteiger partial charge in [0, 0.05) is 31.0 Å². The number of tetrazole rings is 1. The second-order valence-electron chi connectivity index (χ2n) is 8.84. The molecule has 32 heavy (non-hydrogen) atoms. The molecule has 0 aliphatic rings. The summed E-state index contributed by atoms with van der Waals surface area (Å²) in [7, 11) is 0. The molecule has 3 aromatic heterocycles. The van der Waals surface area contributed by atoms with E-state index in [0.29, 0.717) is 25.2 Å². The number of H-pyrrole nitrogens is 1. The molecule has 0 bridgehead atoms. The van der Waals surface area contributed by atoms with Crippen LogP contribution in [0.5, 0.6) is 0 Å². The molecule has 8 nitrogen and oxygen atoms in total. The number of aromatic amines is 1. The average Bonchev–Trinajstić information content (AvgIpc) is 3.25. The Morgan fingerprint density at radius 2 is 1.97 bits per heavy atom. The number of nitrogens with one attached hydrogen (secondary N) is 1. The van der Waals surface area contributed by atoms with E-state index >= 15 is 0 Å². The number of rotatable bonds is 8. The van der Waals surface area contributed by atoms with Crippen molar-refractivity contribution in [2.24, 2.45) is 0 Å². The Morgan fingerprint density at radius 1 is 1.12 bits per heavy atom. The van der Waals surface area contributed by atoms with Crippen LogP contribution in [0.3, 0.4) is 0 Å². The van der Waals surface area contributed by atoms with Gasteiger partial charge in [-0.1, -0.05) is 31.2 Å². The lowest BCUT2D eigenvalue weighted by Gasteiger charge is -2.27. The summed E-state index contributed by atoms with van der Waals surface area (Å²) in [5.41, 5.74) is 3.44. The van der Waals surface area contributed by atoms with Gasteiger partial charge in [0.05, 0.1) is 17.6 Å². The Bertz CT molecular complexity index is 1260. The van der Waals surface area contributed by atoms with E-state index in [1.807, 2.05) is 54.2 Å². The number of nitrogens with zero attached hydrogens (tertiary/aromatic N) is 6. The van der Waals surface area contributed by atoms with Gasteiger partial charge in [0.1, 0.15) is 0 Å². The number of aryl methyl sites for hydroxylation is 1. The van der Waals surface area contributed by atoms with Gasteiger partial charge in [-0.25, -0.2) is 4.68 Å². The molecular formula is C24H29N7O. The van der Waals surface area contributed by atoms with Gasteiger partial charge >= 0.3 is 0 Å². The normalized spacial score (nSPS) is 12.0. The summed E-state index contributed by atoms with van der Waals surface area (Å²) in [4.78, 5) is 22.4. The maximum absolute atomic E-state index is 12.9. The molecule has 0 aliphatic heterocycles. The highest BCUT2D eigenvalue weighted by molar-refractivity contribution is 5.81. The van der Waals surface area contributed by atoms with Crippen molar-refractivity contribution in [1.82, 2.24) is 35.1 Å². The molecule has 0 aliphatic carbocycles. The van der Waals surface area contributed by atoms with E-state index in [2.05, 4.69) is 51.2 Å². The van der Waals surface area contributed by atoms with E-state index in [0.717, 1.165) is 34.3 Å². The van der Waals surface area contributed by atoms with E-state index in [1.165, 1.54) is 0 Å². The molecule has 0 atom stereocenters. The zero-order valence-electron chi connectivity index (χ0n) is 19.0. The third-order valence-corrected chi connectivity index (χ3v) is 6.03. The van der Waals surface area contributed by atoms with E-state index in [9.17, 15) is 4.79 Å². The third-order valence-electron chi connectivity index (χ3n) is 6.03. The Balaban J connectivity index is 1.68. The second-order valence-corrected chi connectivity index (χ2v) is 8.84. The Kier molecular flexibility index (Phi) is 6.14. The molecule has 1 N–H and O–H groups in total. The summed E-state index contributed by atoms with van der Waals surface area (Å²) < 4.78 is 1.89. The Labute approximate surface area is 187 Å². The quantitative estimate of drug-likeness (QED) is 0.459. The summed E-state index contributed by atoms with van der Waals surface area (Å²) in [6.45, 7) is 9.96. The minimum absolute atomic E-state index is 0.0727. The van der Waals surface area contributed by atoms with Crippen molar-refractivity contribution in [2.45, 2.75) is 59.3 Å². The summed E-state index contributed by atoms with van der Waals surface area (Å²) >= 11 is 0. The summed E-state index contributed by atoms with van der Waals surface area (Å²) in [5, 5.41) is 13.5. The van der Waals surface area contributed by atoms with Gasteiger partial charge in [-0.15, -0.1) is 5.10 Å².